The molecule has 80 valence electrons. The third-order valence-electron chi connectivity index (χ3n) is 2.21. The van der Waals surface area contributed by atoms with E-state index >= 15 is 0 Å². The normalized spacial score (nSPS) is 9.73. The van der Waals surface area contributed by atoms with E-state index in [1.807, 2.05) is 19.2 Å². The number of nitrogens with zero attached hydrogens (tertiary/aromatic N) is 2. The molecule has 0 fully saturated rings. The summed E-state index contributed by atoms with van der Waals surface area (Å²) in [6, 6.07) is 7.46. The van der Waals surface area contributed by atoms with E-state index in [9.17, 15) is 0 Å². The van der Waals surface area contributed by atoms with Gasteiger partial charge in [-0.2, -0.15) is 5.26 Å². The van der Waals surface area contributed by atoms with Crippen LogP contribution in [0, 0.1) is 11.3 Å². The van der Waals surface area contributed by atoms with E-state index in [4.69, 9.17) is 22.6 Å². The zero-order chi connectivity index (χ0) is 11.3. The molecule has 0 aliphatic carbocycles. The van der Waals surface area contributed by atoms with Crippen LogP contribution >= 0.6 is 11.6 Å². The van der Waals surface area contributed by atoms with E-state index in [0.29, 0.717) is 17.1 Å². The summed E-state index contributed by atoms with van der Waals surface area (Å²) in [6.45, 7) is 1.56. The Hall–Kier alpha value is -1.24. The average Bonchev–Trinajstić information content (AvgIpc) is 2.25. The van der Waals surface area contributed by atoms with Crippen molar-refractivity contribution in [3.05, 3.63) is 28.8 Å². The lowest BCUT2D eigenvalue weighted by Crippen LogP contribution is -2.20. The van der Waals surface area contributed by atoms with Gasteiger partial charge >= 0.3 is 0 Å². The lowest BCUT2D eigenvalue weighted by atomic mass is 10.2. The summed E-state index contributed by atoms with van der Waals surface area (Å²) in [5, 5.41) is 9.22. The second-order valence-electron chi connectivity index (χ2n) is 3.34. The van der Waals surface area contributed by atoms with Gasteiger partial charge in [-0.1, -0.05) is 11.6 Å². The molecule has 0 aromatic heterocycles. The van der Waals surface area contributed by atoms with E-state index in [-0.39, 0.29) is 0 Å². The fourth-order valence-corrected chi connectivity index (χ4v) is 1.51. The topological polar surface area (TPSA) is 53.0 Å². The number of halogens is 1. The first-order chi connectivity index (χ1) is 7.19. The van der Waals surface area contributed by atoms with Gasteiger partial charge in [0.2, 0.25) is 0 Å². The monoisotopic (exact) mass is 223 g/mol. The predicted molar refractivity (Wildman–Crippen MR) is 63.1 cm³/mol. The van der Waals surface area contributed by atoms with Gasteiger partial charge in [0.15, 0.2) is 0 Å². The Balaban J connectivity index is 2.79. The van der Waals surface area contributed by atoms with Crippen molar-refractivity contribution in [2.75, 3.05) is 25.0 Å². The minimum Gasteiger partial charge on any atom is -0.375 e. The van der Waals surface area contributed by atoms with Crippen LogP contribution in [0.3, 0.4) is 0 Å². The first-order valence-corrected chi connectivity index (χ1v) is 5.17. The van der Waals surface area contributed by atoms with Gasteiger partial charge in [-0.15, -0.1) is 0 Å². The lowest BCUT2D eigenvalue weighted by Gasteiger charge is -2.19. The smallest absolute Gasteiger partial charge is 0.101 e. The van der Waals surface area contributed by atoms with Gasteiger partial charge in [0.25, 0.3) is 0 Å². The third kappa shape index (κ3) is 3.12. The molecule has 4 heteroatoms. The van der Waals surface area contributed by atoms with Crippen molar-refractivity contribution < 1.29 is 0 Å². The van der Waals surface area contributed by atoms with E-state index in [2.05, 4.69) is 4.90 Å². The van der Waals surface area contributed by atoms with Crippen LogP contribution < -0.4 is 10.6 Å². The quantitative estimate of drug-likeness (QED) is 0.850. The van der Waals surface area contributed by atoms with Crippen molar-refractivity contribution in [1.29, 1.82) is 5.26 Å². The van der Waals surface area contributed by atoms with Gasteiger partial charge < -0.3 is 10.6 Å². The molecule has 1 rings (SSSR count). The number of nitrogens with two attached hydrogens (primary N) is 1. The highest BCUT2D eigenvalue weighted by Gasteiger charge is 2.04. The maximum absolute atomic E-state index is 8.72. The Morgan fingerprint density at radius 2 is 2.27 bits per heavy atom. The largest absolute Gasteiger partial charge is 0.375 e. The molecule has 0 unspecified atom stereocenters. The number of hydrogen-bond donors (Lipinski definition) is 1. The number of rotatable bonds is 4. The van der Waals surface area contributed by atoms with Crippen molar-refractivity contribution in [3.8, 4) is 6.07 Å². The molecule has 15 heavy (non-hydrogen) atoms. The van der Waals surface area contributed by atoms with Crippen molar-refractivity contribution in [3.63, 3.8) is 0 Å². The summed E-state index contributed by atoms with van der Waals surface area (Å²) < 4.78 is 0. The zero-order valence-corrected chi connectivity index (χ0v) is 9.46. The molecule has 0 atom stereocenters. The molecule has 0 radical (unpaired) electrons. The summed E-state index contributed by atoms with van der Waals surface area (Å²) in [4.78, 5) is 2.07. The van der Waals surface area contributed by atoms with Gasteiger partial charge in [0.1, 0.15) is 6.07 Å². The number of benzene rings is 1. The van der Waals surface area contributed by atoms with Gasteiger partial charge in [-0.3, -0.25) is 0 Å². The molecule has 0 saturated heterocycles. The number of anilines is 1. The van der Waals surface area contributed by atoms with E-state index < -0.39 is 0 Å². The van der Waals surface area contributed by atoms with Crippen molar-refractivity contribution in [2.45, 2.75) is 6.42 Å². The Labute approximate surface area is 95.1 Å². The highest BCUT2D eigenvalue weighted by atomic mass is 35.5. The summed E-state index contributed by atoms with van der Waals surface area (Å²) in [5.41, 5.74) is 6.95. The molecule has 3 nitrogen and oxygen atoms in total. The maximum Gasteiger partial charge on any atom is 0.101 e. The molecule has 0 heterocycles. The summed E-state index contributed by atoms with van der Waals surface area (Å²) >= 11 is 5.93. The maximum atomic E-state index is 8.72. The zero-order valence-electron chi connectivity index (χ0n) is 8.70. The Kier molecular flexibility index (Phi) is 4.41. The fourth-order valence-electron chi connectivity index (χ4n) is 1.29. The molecule has 0 aliphatic rings. The van der Waals surface area contributed by atoms with E-state index in [0.717, 1.165) is 18.7 Å². The van der Waals surface area contributed by atoms with Gasteiger partial charge in [-0.25, -0.2) is 0 Å². The fraction of sp³-hybridized carbons (Fsp3) is 0.364. The van der Waals surface area contributed by atoms with Gasteiger partial charge in [0.05, 0.1) is 10.6 Å². The first kappa shape index (κ1) is 11.8. The minimum absolute atomic E-state index is 0.495. The molecule has 1 aromatic rings. The minimum atomic E-state index is 0.495. The molecular formula is C11H14ClN3. The van der Waals surface area contributed by atoms with Crippen molar-refractivity contribution >= 4 is 17.3 Å². The van der Waals surface area contributed by atoms with Crippen LogP contribution in [0.25, 0.3) is 0 Å². The molecule has 0 saturated carbocycles. The summed E-state index contributed by atoms with van der Waals surface area (Å²) in [7, 11) is 1.98. The molecular weight excluding hydrogens is 210 g/mol. The molecule has 0 spiro atoms. The van der Waals surface area contributed by atoms with Gasteiger partial charge in [0, 0.05) is 19.3 Å². The van der Waals surface area contributed by atoms with Crippen LogP contribution in [0.5, 0.6) is 0 Å². The first-order valence-electron chi connectivity index (χ1n) is 4.80. The second-order valence-corrected chi connectivity index (χ2v) is 3.75. The van der Waals surface area contributed by atoms with Crippen molar-refractivity contribution in [2.24, 2.45) is 5.73 Å². The van der Waals surface area contributed by atoms with Crippen LogP contribution in [-0.2, 0) is 0 Å². The molecule has 0 amide bonds. The average molecular weight is 224 g/mol. The molecule has 0 bridgehead atoms. The molecule has 1 aromatic carbocycles. The lowest BCUT2D eigenvalue weighted by molar-refractivity contribution is 0.796. The van der Waals surface area contributed by atoms with E-state index in [1.165, 1.54) is 0 Å². The summed E-state index contributed by atoms with van der Waals surface area (Å²) in [5.74, 6) is 0. The number of nitriles is 1. The Morgan fingerprint density at radius 3 is 2.80 bits per heavy atom. The Morgan fingerprint density at radius 1 is 1.53 bits per heavy atom. The van der Waals surface area contributed by atoms with Crippen LogP contribution in [0.2, 0.25) is 5.02 Å². The predicted octanol–water partition coefficient (Wildman–Crippen LogP) is 2.00. The van der Waals surface area contributed by atoms with Crippen LogP contribution in [0.4, 0.5) is 5.69 Å². The SMILES string of the molecule is CN(CCCN)c1ccc(C#N)c(Cl)c1. The van der Waals surface area contributed by atoms with Crippen LogP contribution in [0.1, 0.15) is 12.0 Å². The Bertz CT molecular complexity index is 371. The van der Waals surface area contributed by atoms with Crippen LogP contribution in [-0.4, -0.2) is 20.1 Å². The molecule has 2 N–H and O–H groups in total. The van der Waals surface area contributed by atoms with Crippen molar-refractivity contribution in [1.82, 2.24) is 0 Å². The third-order valence-corrected chi connectivity index (χ3v) is 2.52. The summed E-state index contributed by atoms with van der Waals surface area (Å²) in [6.07, 6.45) is 0.939. The molecule has 0 aliphatic heterocycles. The van der Waals surface area contributed by atoms with E-state index in [1.54, 1.807) is 12.1 Å². The highest BCUT2D eigenvalue weighted by Crippen LogP contribution is 2.22. The standard InChI is InChI=1S/C11H14ClN3/c1-15(6-2-5-13)10-4-3-9(8-14)11(12)7-10/h3-4,7H,2,5-6,13H2,1H3. The number of hydrogen-bond acceptors (Lipinski definition) is 3. The highest BCUT2D eigenvalue weighted by molar-refractivity contribution is 6.32. The second kappa shape index (κ2) is 5.59. The van der Waals surface area contributed by atoms with Gasteiger partial charge in [-0.05, 0) is 31.2 Å². The van der Waals surface area contributed by atoms with Crippen LogP contribution in [0.15, 0.2) is 18.2 Å².